The van der Waals surface area contributed by atoms with Crippen LogP contribution in [0.5, 0.6) is 0 Å². The Labute approximate surface area is 116 Å². The van der Waals surface area contributed by atoms with Gasteiger partial charge >= 0.3 is 0 Å². The summed E-state index contributed by atoms with van der Waals surface area (Å²) in [7, 11) is 0. The van der Waals surface area contributed by atoms with Crippen LogP contribution in [0.25, 0.3) is 6.08 Å². The van der Waals surface area contributed by atoms with Crippen LogP contribution in [0.15, 0.2) is 12.9 Å². The van der Waals surface area contributed by atoms with Crippen LogP contribution in [-0.2, 0) is 0 Å². The zero-order chi connectivity index (χ0) is 13.9. The monoisotopic (exact) mass is 259 g/mol. The average molecular weight is 259 g/mol. The topological polar surface area (TPSA) is 29.0 Å². The molecule has 104 valence electrons. The minimum Gasteiger partial charge on any atom is -0.355 e. The van der Waals surface area contributed by atoms with Crippen molar-refractivity contribution in [1.82, 2.24) is 9.97 Å². The van der Waals surface area contributed by atoms with Crippen LogP contribution < -0.4 is 4.90 Å². The Morgan fingerprint density at radius 1 is 1.47 bits per heavy atom. The third-order valence-electron chi connectivity index (χ3n) is 4.20. The number of hydrogen-bond acceptors (Lipinski definition) is 3. The van der Waals surface area contributed by atoms with Crippen molar-refractivity contribution in [3.05, 3.63) is 24.2 Å². The van der Waals surface area contributed by atoms with E-state index in [9.17, 15) is 0 Å². The lowest BCUT2D eigenvalue weighted by Crippen LogP contribution is -2.42. The number of hydrogen-bond donors (Lipinski definition) is 0. The van der Waals surface area contributed by atoms with Crippen molar-refractivity contribution in [2.24, 2.45) is 5.41 Å². The summed E-state index contributed by atoms with van der Waals surface area (Å²) in [5, 5.41) is 0. The molecule has 0 amide bonds. The fourth-order valence-electron chi connectivity index (χ4n) is 3.27. The van der Waals surface area contributed by atoms with E-state index >= 15 is 0 Å². The van der Waals surface area contributed by atoms with E-state index < -0.39 is 0 Å². The quantitative estimate of drug-likeness (QED) is 0.822. The molecule has 1 aliphatic rings. The van der Waals surface area contributed by atoms with Gasteiger partial charge in [-0.1, -0.05) is 32.9 Å². The van der Waals surface area contributed by atoms with Crippen LogP contribution >= 0.6 is 0 Å². The van der Waals surface area contributed by atoms with Gasteiger partial charge < -0.3 is 4.90 Å². The van der Waals surface area contributed by atoms with E-state index in [-0.39, 0.29) is 0 Å². The highest BCUT2D eigenvalue weighted by Gasteiger charge is 2.31. The second-order valence-corrected chi connectivity index (χ2v) is 5.99. The maximum atomic E-state index is 4.50. The van der Waals surface area contributed by atoms with Gasteiger partial charge in [0.2, 0.25) is 0 Å². The van der Waals surface area contributed by atoms with Crippen LogP contribution in [0.3, 0.4) is 0 Å². The third-order valence-corrected chi connectivity index (χ3v) is 4.20. The van der Waals surface area contributed by atoms with Crippen molar-refractivity contribution >= 4 is 11.9 Å². The van der Waals surface area contributed by atoms with E-state index in [1.54, 1.807) is 6.33 Å². The summed E-state index contributed by atoms with van der Waals surface area (Å²) in [6.45, 7) is 12.8. The Morgan fingerprint density at radius 3 is 2.95 bits per heavy atom. The molecule has 0 radical (unpaired) electrons. The average Bonchev–Trinajstić information content (AvgIpc) is 2.38. The van der Waals surface area contributed by atoms with Gasteiger partial charge in [-0.25, -0.2) is 9.97 Å². The predicted octanol–water partition coefficient (Wildman–Crippen LogP) is 3.83. The summed E-state index contributed by atoms with van der Waals surface area (Å²) in [6.07, 6.45) is 8.67. The van der Waals surface area contributed by atoms with Crippen molar-refractivity contribution in [2.45, 2.75) is 46.5 Å². The van der Waals surface area contributed by atoms with Gasteiger partial charge in [0.15, 0.2) is 0 Å². The Kier molecular flexibility index (Phi) is 4.23. The van der Waals surface area contributed by atoms with Gasteiger partial charge in [-0.2, -0.15) is 0 Å². The lowest BCUT2D eigenvalue weighted by molar-refractivity contribution is 0.238. The van der Waals surface area contributed by atoms with E-state index in [0.717, 1.165) is 30.2 Å². The maximum Gasteiger partial charge on any atom is 0.139 e. The normalized spacial score (nSPS) is 23.4. The molecule has 0 saturated carbocycles. The summed E-state index contributed by atoms with van der Waals surface area (Å²) in [4.78, 5) is 11.2. The third kappa shape index (κ3) is 2.96. The number of nitrogens with zero attached hydrogens (tertiary/aromatic N) is 3. The molecule has 1 aromatic rings. The second kappa shape index (κ2) is 5.72. The Bertz CT molecular complexity index is 451. The highest BCUT2D eigenvalue weighted by atomic mass is 15.2. The molecule has 0 N–H and O–H groups in total. The Hall–Kier alpha value is -1.38. The fraction of sp³-hybridized carbons (Fsp3) is 0.625. The number of piperidine rings is 1. The first-order chi connectivity index (χ1) is 9.09. The number of aromatic nitrogens is 2. The minimum atomic E-state index is 0.421. The Morgan fingerprint density at radius 2 is 2.26 bits per heavy atom. The van der Waals surface area contributed by atoms with E-state index in [2.05, 4.69) is 35.3 Å². The van der Waals surface area contributed by atoms with Gasteiger partial charge in [0.05, 0.1) is 5.69 Å². The number of aryl methyl sites for hydroxylation is 1. The number of anilines is 1. The maximum absolute atomic E-state index is 4.50. The van der Waals surface area contributed by atoms with Crippen LogP contribution in [0, 0.1) is 12.3 Å². The van der Waals surface area contributed by atoms with Crippen molar-refractivity contribution in [2.75, 3.05) is 18.0 Å². The second-order valence-electron chi connectivity index (χ2n) is 5.99. The molecule has 0 aromatic carbocycles. The van der Waals surface area contributed by atoms with Gasteiger partial charge in [0.1, 0.15) is 12.1 Å². The molecule has 1 aliphatic heterocycles. The zero-order valence-electron chi connectivity index (χ0n) is 12.4. The summed E-state index contributed by atoms with van der Waals surface area (Å²) in [6, 6.07) is 0. The van der Waals surface area contributed by atoms with Gasteiger partial charge in [-0.15, -0.1) is 0 Å². The first kappa shape index (κ1) is 14.0. The molecule has 1 aromatic heterocycles. The molecular weight excluding hydrogens is 234 g/mol. The molecule has 3 heteroatoms. The molecule has 3 nitrogen and oxygen atoms in total. The molecule has 1 atom stereocenters. The van der Waals surface area contributed by atoms with Gasteiger partial charge in [-0.05, 0) is 31.6 Å². The van der Waals surface area contributed by atoms with E-state index in [1.165, 1.54) is 25.7 Å². The van der Waals surface area contributed by atoms with Crippen LogP contribution in [0.1, 0.15) is 50.8 Å². The van der Waals surface area contributed by atoms with Crippen molar-refractivity contribution in [3.63, 3.8) is 0 Å². The molecule has 0 spiro atoms. The number of rotatable bonds is 4. The largest absolute Gasteiger partial charge is 0.355 e. The molecule has 1 fully saturated rings. The van der Waals surface area contributed by atoms with Crippen LogP contribution in [0.4, 0.5) is 5.82 Å². The van der Waals surface area contributed by atoms with Crippen LogP contribution in [0.2, 0.25) is 0 Å². The molecule has 1 saturated heterocycles. The fourth-order valence-corrected chi connectivity index (χ4v) is 3.27. The van der Waals surface area contributed by atoms with Crippen molar-refractivity contribution < 1.29 is 0 Å². The molecule has 1 unspecified atom stereocenters. The summed E-state index contributed by atoms with van der Waals surface area (Å²) >= 11 is 0. The van der Waals surface area contributed by atoms with Crippen molar-refractivity contribution in [3.8, 4) is 0 Å². The smallest absolute Gasteiger partial charge is 0.139 e. The first-order valence-electron chi connectivity index (χ1n) is 7.28. The standard InChI is InChI=1S/C16H25N3/c1-5-8-16(4)9-7-10-19(11-16)15-14(6-2)13(3)17-12-18-15/h6,12H,2,5,7-11H2,1,3-4H3. The van der Waals surface area contributed by atoms with Gasteiger partial charge in [-0.3, -0.25) is 0 Å². The molecule has 0 bridgehead atoms. The molecular formula is C16H25N3. The van der Waals surface area contributed by atoms with Crippen LogP contribution in [-0.4, -0.2) is 23.1 Å². The Balaban J connectivity index is 2.27. The molecule has 0 aliphatic carbocycles. The molecule has 2 rings (SSSR count). The van der Waals surface area contributed by atoms with Crippen molar-refractivity contribution in [1.29, 1.82) is 0 Å². The molecule has 19 heavy (non-hydrogen) atoms. The highest BCUT2D eigenvalue weighted by molar-refractivity contribution is 5.64. The summed E-state index contributed by atoms with van der Waals surface area (Å²) in [5.41, 5.74) is 2.52. The lowest BCUT2D eigenvalue weighted by Gasteiger charge is -2.41. The van der Waals surface area contributed by atoms with Gasteiger partial charge in [0.25, 0.3) is 0 Å². The first-order valence-corrected chi connectivity index (χ1v) is 7.28. The SMILES string of the molecule is C=Cc1c(C)ncnc1N1CCCC(C)(CCC)C1. The molecule has 2 heterocycles. The highest BCUT2D eigenvalue weighted by Crippen LogP contribution is 2.36. The lowest BCUT2D eigenvalue weighted by atomic mass is 9.78. The summed E-state index contributed by atoms with van der Waals surface area (Å²) in [5.74, 6) is 1.06. The van der Waals surface area contributed by atoms with E-state index in [1.807, 2.05) is 13.0 Å². The zero-order valence-corrected chi connectivity index (χ0v) is 12.4. The van der Waals surface area contributed by atoms with Gasteiger partial charge in [0, 0.05) is 18.7 Å². The predicted molar refractivity (Wildman–Crippen MR) is 81.3 cm³/mol. The van der Waals surface area contributed by atoms with E-state index in [4.69, 9.17) is 0 Å². The summed E-state index contributed by atoms with van der Waals surface area (Å²) < 4.78 is 0. The minimum absolute atomic E-state index is 0.421. The van der Waals surface area contributed by atoms with E-state index in [0.29, 0.717) is 5.41 Å².